The third kappa shape index (κ3) is 3.82. The molecular formula is C13H19N3O. The fourth-order valence-electron chi connectivity index (χ4n) is 1.87. The Labute approximate surface area is 102 Å². The minimum atomic E-state index is 0.148. The lowest BCUT2D eigenvalue weighted by Gasteiger charge is -2.14. The van der Waals surface area contributed by atoms with Crippen LogP contribution in [0.3, 0.4) is 0 Å². The van der Waals surface area contributed by atoms with E-state index in [2.05, 4.69) is 10.3 Å². The summed E-state index contributed by atoms with van der Waals surface area (Å²) in [4.78, 5) is 15.7. The van der Waals surface area contributed by atoms with E-state index >= 15 is 0 Å². The minimum absolute atomic E-state index is 0.148. The topological polar surface area (TPSA) is 68.0 Å². The summed E-state index contributed by atoms with van der Waals surface area (Å²) in [6.45, 7) is 0.558. The second-order valence-electron chi connectivity index (χ2n) is 4.60. The molecule has 1 aromatic heterocycles. The first kappa shape index (κ1) is 12.0. The van der Waals surface area contributed by atoms with Gasteiger partial charge >= 0.3 is 0 Å². The molecule has 0 saturated heterocycles. The molecule has 2 rings (SSSR count). The average molecular weight is 233 g/mol. The summed E-state index contributed by atoms with van der Waals surface area (Å²) in [6, 6.07) is 4.36. The van der Waals surface area contributed by atoms with Gasteiger partial charge in [0.2, 0.25) is 5.91 Å². The lowest BCUT2D eigenvalue weighted by molar-refractivity contribution is -0.121. The van der Waals surface area contributed by atoms with Gasteiger partial charge in [-0.15, -0.1) is 0 Å². The molecule has 92 valence electrons. The van der Waals surface area contributed by atoms with Crippen LogP contribution in [0.4, 0.5) is 0 Å². The Hall–Kier alpha value is -1.42. The van der Waals surface area contributed by atoms with E-state index in [-0.39, 0.29) is 11.8 Å². The van der Waals surface area contributed by atoms with Gasteiger partial charge in [-0.3, -0.25) is 9.78 Å². The highest BCUT2D eigenvalue weighted by molar-refractivity contribution is 5.76. The summed E-state index contributed by atoms with van der Waals surface area (Å²) in [5, 5.41) is 2.99. The maximum atomic E-state index is 11.6. The Morgan fingerprint density at radius 1 is 1.59 bits per heavy atom. The molecule has 4 heteroatoms. The van der Waals surface area contributed by atoms with Crippen LogP contribution in [0.25, 0.3) is 0 Å². The molecule has 1 saturated carbocycles. The summed E-state index contributed by atoms with van der Waals surface area (Å²) >= 11 is 0. The zero-order valence-electron chi connectivity index (χ0n) is 9.93. The van der Waals surface area contributed by atoms with Crippen LogP contribution in [-0.4, -0.2) is 23.5 Å². The van der Waals surface area contributed by atoms with E-state index in [4.69, 9.17) is 5.73 Å². The van der Waals surface area contributed by atoms with Crippen LogP contribution >= 0.6 is 0 Å². The minimum Gasteiger partial charge on any atom is -0.353 e. The van der Waals surface area contributed by atoms with Crippen LogP contribution < -0.4 is 11.1 Å². The van der Waals surface area contributed by atoms with Crippen molar-refractivity contribution in [2.75, 3.05) is 6.54 Å². The number of nitrogens with zero attached hydrogens (tertiary/aromatic N) is 1. The summed E-state index contributed by atoms with van der Waals surface area (Å²) in [7, 11) is 0. The largest absolute Gasteiger partial charge is 0.353 e. The summed E-state index contributed by atoms with van der Waals surface area (Å²) < 4.78 is 0. The van der Waals surface area contributed by atoms with Crippen LogP contribution in [0.5, 0.6) is 0 Å². The van der Waals surface area contributed by atoms with Gasteiger partial charge in [0.25, 0.3) is 0 Å². The highest BCUT2D eigenvalue weighted by Gasteiger charge is 2.23. The second-order valence-corrected chi connectivity index (χ2v) is 4.60. The number of aromatic nitrogens is 1. The third-order valence-electron chi connectivity index (χ3n) is 3.10. The van der Waals surface area contributed by atoms with Gasteiger partial charge in [-0.25, -0.2) is 0 Å². The van der Waals surface area contributed by atoms with E-state index in [9.17, 15) is 4.79 Å². The fourth-order valence-corrected chi connectivity index (χ4v) is 1.87. The highest BCUT2D eigenvalue weighted by atomic mass is 16.1. The number of carbonyl (C=O) groups is 1. The number of nitrogens with two attached hydrogens (primary N) is 1. The van der Waals surface area contributed by atoms with Crippen LogP contribution in [0.15, 0.2) is 24.5 Å². The zero-order chi connectivity index (χ0) is 12.1. The first-order valence-corrected chi connectivity index (χ1v) is 6.19. The number of pyridine rings is 1. The lowest BCUT2D eigenvalue weighted by atomic mass is 9.95. The summed E-state index contributed by atoms with van der Waals surface area (Å²) in [5.41, 5.74) is 6.86. The quantitative estimate of drug-likeness (QED) is 0.775. The number of rotatable bonds is 6. The average Bonchev–Trinajstić information content (AvgIpc) is 3.15. The molecule has 0 aromatic carbocycles. The van der Waals surface area contributed by atoms with Gasteiger partial charge in [0, 0.05) is 24.9 Å². The molecule has 4 nitrogen and oxygen atoms in total. The molecule has 0 radical (unpaired) electrons. The molecule has 1 unspecified atom stereocenters. The van der Waals surface area contributed by atoms with E-state index in [1.807, 2.05) is 18.3 Å². The molecule has 1 heterocycles. The monoisotopic (exact) mass is 233 g/mol. The maximum Gasteiger partial charge on any atom is 0.220 e. The molecule has 17 heavy (non-hydrogen) atoms. The molecule has 0 aliphatic heterocycles. The SMILES string of the molecule is NCC(CCC(=O)NC1CC1)c1cccnc1. The van der Waals surface area contributed by atoms with Crippen molar-refractivity contribution >= 4 is 5.91 Å². The predicted molar refractivity (Wildman–Crippen MR) is 66.4 cm³/mol. The van der Waals surface area contributed by atoms with Crippen molar-refractivity contribution in [2.45, 2.75) is 37.6 Å². The predicted octanol–water partition coefficient (Wildman–Crippen LogP) is 1.18. The maximum absolute atomic E-state index is 11.6. The molecule has 1 fully saturated rings. The van der Waals surface area contributed by atoms with Gasteiger partial charge in [-0.2, -0.15) is 0 Å². The smallest absolute Gasteiger partial charge is 0.220 e. The third-order valence-corrected chi connectivity index (χ3v) is 3.10. The highest BCUT2D eigenvalue weighted by Crippen LogP contribution is 2.21. The molecule has 0 bridgehead atoms. The van der Waals surface area contributed by atoms with Crippen molar-refractivity contribution in [3.63, 3.8) is 0 Å². The van der Waals surface area contributed by atoms with Gasteiger partial charge in [-0.05, 0) is 43.4 Å². The van der Waals surface area contributed by atoms with E-state index < -0.39 is 0 Å². The van der Waals surface area contributed by atoms with Crippen molar-refractivity contribution in [3.8, 4) is 0 Å². The van der Waals surface area contributed by atoms with E-state index in [0.29, 0.717) is 19.0 Å². The molecular weight excluding hydrogens is 214 g/mol. The number of hydrogen-bond donors (Lipinski definition) is 2. The van der Waals surface area contributed by atoms with Gasteiger partial charge in [-0.1, -0.05) is 6.07 Å². The molecule has 1 aliphatic rings. The fraction of sp³-hybridized carbons (Fsp3) is 0.538. The van der Waals surface area contributed by atoms with Crippen LogP contribution in [0.1, 0.15) is 37.2 Å². The molecule has 3 N–H and O–H groups in total. The Balaban J connectivity index is 1.80. The van der Waals surface area contributed by atoms with Crippen LogP contribution in [-0.2, 0) is 4.79 Å². The van der Waals surface area contributed by atoms with Crippen LogP contribution in [0.2, 0.25) is 0 Å². The van der Waals surface area contributed by atoms with Gasteiger partial charge < -0.3 is 11.1 Å². The number of hydrogen-bond acceptors (Lipinski definition) is 3. The molecule has 1 atom stereocenters. The lowest BCUT2D eigenvalue weighted by Crippen LogP contribution is -2.26. The van der Waals surface area contributed by atoms with Crippen molar-refractivity contribution in [3.05, 3.63) is 30.1 Å². The first-order valence-electron chi connectivity index (χ1n) is 6.19. The number of amides is 1. The van der Waals surface area contributed by atoms with Crippen LogP contribution in [0, 0.1) is 0 Å². The van der Waals surface area contributed by atoms with Crippen molar-refractivity contribution in [1.29, 1.82) is 0 Å². The van der Waals surface area contributed by atoms with Crippen molar-refractivity contribution < 1.29 is 4.79 Å². The van der Waals surface area contributed by atoms with Crippen molar-refractivity contribution in [2.24, 2.45) is 5.73 Å². The van der Waals surface area contributed by atoms with Gasteiger partial charge in [0.1, 0.15) is 0 Å². The van der Waals surface area contributed by atoms with E-state index in [1.165, 1.54) is 0 Å². The molecule has 1 aliphatic carbocycles. The van der Waals surface area contributed by atoms with E-state index in [1.54, 1.807) is 6.20 Å². The summed E-state index contributed by atoms with van der Waals surface area (Å²) in [6.07, 6.45) is 7.19. The second kappa shape index (κ2) is 5.77. The van der Waals surface area contributed by atoms with Gasteiger partial charge in [0.05, 0.1) is 0 Å². The van der Waals surface area contributed by atoms with E-state index in [0.717, 1.165) is 24.8 Å². The first-order chi connectivity index (χ1) is 8.29. The number of nitrogens with one attached hydrogen (secondary N) is 1. The zero-order valence-corrected chi connectivity index (χ0v) is 9.93. The summed E-state index contributed by atoms with van der Waals surface area (Å²) in [5.74, 6) is 0.378. The Bertz CT molecular complexity index is 362. The Kier molecular flexibility index (Phi) is 4.09. The molecule has 1 aromatic rings. The normalized spacial score (nSPS) is 16.5. The Morgan fingerprint density at radius 2 is 2.41 bits per heavy atom. The number of carbonyl (C=O) groups excluding carboxylic acids is 1. The standard InChI is InChI=1S/C13H19N3O/c14-8-10(11-2-1-7-15-9-11)3-6-13(17)16-12-4-5-12/h1-2,7,9-10,12H,3-6,8,14H2,(H,16,17). The van der Waals surface area contributed by atoms with Gasteiger partial charge in [0.15, 0.2) is 0 Å². The molecule has 1 amide bonds. The molecule has 0 spiro atoms. The van der Waals surface area contributed by atoms with Crippen molar-refractivity contribution in [1.82, 2.24) is 10.3 Å². The Morgan fingerprint density at radius 3 is 3.00 bits per heavy atom.